The smallest absolute Gasteiger partial charge is 0.251 e. The van der Waals surface area contributed by atoms with E-state index in [2.05, 4.69) is 10.3 Å². The van der Waals surface area contributed by atoms with Crippen molar-refractivity contribution in [3.8, 4) is 0 Å². The molecule has 3 rings (SSSR count). The summed E-state index contributed by atoms with van der Waals surface area (Å²) < 4.78 is 0. The average molecular weight is 272 g/mol. The number of fused-ring (bicyclic) bond motifs is 1. The fraction of sp³-hybridized carbons (Fsp3) is 0.438. The third-order valence-corrected chi connectivity index (χ3v) is 4.18. The Hall–Kier alpha value is -1.81. The standard InChI is InChI=1S/C16H20N2O2/c19-14-4-1-11(2-5-14)10-18-16(20)13-3-6-15-12(9-13)7-8-17-15/h3,6-9,11,14,17,19H,1-2,4-5,10H2,(H,18,20). The molecule has 0 saturated heterocycles. The maximum Gasteiger partial charge on any atom is 0.251 e. The van der Waals surface area contributed by atoms with Crippen LogP contribution in [0.5, 0.6) is 0 Å². The lowest BCUT2D eigenvalue weighted by Gasteiger charge is -2.25. The Bertz CT molecular complexity index is 597. The summed E-state index contributed by atoms with van der Waals surface area (Å²) in [5.41, 5.74) is 1.75. The van der Waals surface area contributed by atoms with Crippen LogP contribution < -0.4 is 5.32 Å². The van der Waals surface area contributed by atoms with Crippen LogP contribution in [0.3, 0.4) is 0 Å². The molecule has 1 aliphatic carbocycles. The maximum absolute atomic E-state index is 12.1. The van der Waals surface area contributed by atoms with Crippen LogP contribution in [0.1, 0.15) is 36.0 Å². The maximum atomic E-state index is 12.1. The van der Waals surface area contributed by atoms with Gasteiger partial charge in [-0.25, -0.2) is 0 Å². The van der Waals surface area contributed by atoms with Crippen molar-refractivity contribution in [1.82, 2.24) is 10.3 Å². The zero-order valence-corrected chi connectivity index (χ0v) is 11.4. The second-order valence-electron chi connectivity index (χ2n) is 5.66. The Labute approximate surface area is 118 Å². The van der Waals surface area contributed by atoms with Crippen molar-refractivity contribution >= 4 is 16.8 Å². The van der Waals surface area contributed by atoms with Gasteiger partial charge in [-0.1, -0.05) is 0 Å². The van der Waals surface area contributed by atoms with Crippen molar-refractivity contribution in [1.29, 1.82) is 0 Å². The molecule has 0 unspecified atom stereocenters. The number of benzene rings is 1. The molecule has 0 atom stereocenters. The Morgan fingerprint density at radius 3 is 2.85 bits per heavy atom. The Balaban J connectivity index is 1.58. The van der Waals surface area contributed by atoms with E-state index in [9.17, 15) is 9.90 Å². The molecule has 1 aromatic carbocycles. The highest BCUT2D eigenvalue weighted by Crippen LogP contribution is 2.23. The molecule has 4 heteroatoms. The van der Waals surface area contributed by atoms with Crippen molar-refractivity contribution in [2.45, 2.75) is 31.8 Å². The zero-order valence-electron chi connectivity index (χ0n) is 11.4. The number of aliphatic hydroxyl groups excluding tert-OH is 1. The zero-order chi connectivity index (χ0) is 13.9. The first kappa shape index (κ1) is 13.2. The molecular weight excluding hydrogens is 252 g/mol. The molecule has 1 heterocycles. The molecule has 1 amide bonds. The number of rotatable bonds is 3. The summed E-state index contributed by atoms with van der Waals surface area (Å²) in [7, 11) is 0. The predicted octanol–water partition coefficient (Wildman–Crippen LogP) is 2.45. The van der Waals surface area contributed by atoms with E-state index in [1.165, 1.54) is 0 Å². The van der Waals surface area contributed by atoms with Crippen molar-refractivity contribution < 1.29 is 9.90 Å². The fourth-order valence-electron chi connectivity index (χ4n) is 2.88. The lowest BCUT2D eigenvalue weighted by Crippen LogP contribution is -2.32. The summed E-state index contributed by atoms with van der Waals surface area (Å²) in [6.07, 6.45) is 5.44. The average Bonchev–Trinajstić information content (AvgIpc) is 2.93. The van der Waals surface area contributed by atoms with E-state index < -0.39 is 0 Å². The largest absolute Gasteiger partial charge is 0.393 e. The van der Waals surface area contributed by atoms with Gasteiger partial charge in [0.1, 0.15) is 0 Å². The van der Waals surface area contributed by atoms with E-state index in [4.69, 9.17) is 0 Å². The number of nitrogens with one attached hydrogen (secondary N) is 2. The normalized spacial score (nSPS) is 22.9. The minimum absolute atomic E-state index is 0.0146. The molecule has 1 fully saturated rings. The number of carbonyl (C=O) groups excluding carboxylic acids is 1. The van der Waals surface area contributed by atoms with Crippen LogP contribution in [0, 0.1) is 5.92 Å². The molecule has 2 aromatic rings. The van der Waals surface area contributed by atoms with Gasteiger partial charge < -0.3 is 15.4 Å². The molecule has 20 heavy (non-hydrogen) atoms. The number of aromatic nitrogens is 1. The highest BCUT2D eigenvalue weighted by atomic mass is 16.3. The van der Waals surface area contributed by atoms with Crippen LogP contribution in [0.25, 0.3) is 10.9 Å². The predicted molar refractivity (Wildman–Crippen MR) is 78.6 cm³/mol. The number of hydrogen-bond donors (Lipinski definition) is 3. The molecule has 106 valence electrons. The second kappa shape index (κ2) is 5.67. The topological polar surface area (TPSA) is 65.1 Å². The van der Waals surface area contributed by atoms with Gasteiger partial charge in [0.2, 0.25) is 0 Å². The van der Waals surface area contributed by atoms with Crippen LogP contribution in [-0.4, -0.2) is 28.6 Å². The Morgan fingerprint density at radius 1 is 1.25 bits per heavy atom. The first-order valence-corrected chi connectivity index (χ1v) is 7.26. The molecule has 1 aromatic heterocycles. The minimum atomic E-state index is -0.141. The Kier molecular flexibility index (Phi) is 3.74. The highest BCUT2D eigenvalue weighted by Gasteiger charge is 2.19. The Morgan fingerprint density at radius 2 is 2.05 bits per heavy atom. The van der Waals surface area contributed by atoms with Gasteiger partial charge >= 0.3 is 0 Å². The van der Waals surface area contributed by atoms with Crippen LogP contribution in [-0.2, 0) is 0 Å². The lowest BCUT2D eigenvalue weighted by atomic mass is 9.87. The molecular formula is C16H20N2O2. The van der Waals surface area contributed by atoms with Gasteiger partial charge in [0.05, 0.1) is 6.10 Å². The molecule has 0 spiro atoms. The second-order valence-corrected chi connectivity index (χ2v) is 5.66. The van der Waals surface area contributed by atoms with E-state index in [0.29, 0.717) is 18.0 Å². The third-order valence-electron chi connectivity index (χ3n) is 4.18. The molecule has 3 N–H and O–H groups in total. The quantitative estimate of drug-likeness (QED) is 0.803. The van der Waals surface area contributed by atoms with Crippen LogP contribution in [0.2, 0.25) is 0 Å². The summed E-state index contributed by atoms with van der Waals surface area (Å²) in [6.45, 7) is 0.705. The van der Waals surface area contributed by atoms with Gasteiger partial charge in [0.25, 0.3) is 5.91 Å². The summed E-state index contributed by atoms with van der Waals surface area (Å²) in [6, 6.07) is 7.65. The highest BCUT2D eigenvalue weighted by molar-refractivity contribution is 5.98. The summed E-state index contributed by atoms with van der Waals surface area (Å²) in [5, 5.41) is 13.5. The molecule has 0 aliphatic heterocycles. The molecule has 0 bridgehead atoms. The van der Waals surface area contributed by atoms with Crippen LogP contribution in [0.15, 0.2) is 30.5 Å². The molecule has 0 radical (unpaired) electrons. The first-order chi connectivity index (χ1) is 9.72. The first-order valence-electron chi connectivity index (χ1n) is 7.26. The van der Waals surface area contributed by atoms with E-state index in [-0.39, 0.29) is 12.0 Å². The number of H-pyrrole nitrogens is 1. The SMILES string of the molecule is O=C(NCC1CCC(O)CC1)c1ccc2[nH]ccc2c1. The van der Waals surface area contributed by atoms with Crippen LogP contribution >= 0.6 is 0 Å². The van der Waals surface area contributed by atoms with E-state index in [1.54, 1.807) is 0 Å². The van der Waals surface area contributed by atoms with Crippen molar-refractivity contribution in [3.63, 3.8) is 0 Å². The number of amides is 1. The van der Waals surface area contributed by atoms with Crippen molar-refractivity contribution in [3.05, 3.63) is 36.0 Å². The summed E-state index contributed by atoms with van der Waals surface area (Å²) in [5.74, 6) is 0.484. The van der Waals surface area contributed by atoms with E-state index >= 15 is 0 Å². The fourth-order valence-corrected chi connectivity index (χ4v) is 2.88. The van der Waals surface area contributed by atoms with Crippen molar-refractivity contribution in [2.75, 3.05) is 6.54 Å². The van der Waals surface area contributed by atoms with Gasteiger partial charge in [-0.2, -0.15) is 0 Å². The van der Waals surface area contributed by atoms with E-state index in [0.717, 1.165) is 36.6 Å². The van der Waals surface area contributed by atoms with E-state index in [1.807, 2.05) is 30.5 Å². The number of hydrogen-bond acceptors (Lipinski definition) is 2. The molecule has 4 nitrogen and oxygen atoms in total. The van der Waals surface area contributed by atoms with Gasteiger partial charge in [-0.15, -0.1) is 0 Å². The van der Waals surface area contributed by atoms with Gasteiger partial charge in [-0.05, 0) is 55.9 Å². The summed E-state index contributed by atoms with van der Waals surface area (Å²) in [4.78, 5) is 15.3. The molecule has 1 aliphatic rings. The minimum Gasteiger partial charge on any atom is -0.393 e. The van der Waals surface area contributed by atoms with Gasteiger partial charge in [0, 0.05) is 29.2 Å². The van der Waals surface area contributed by atoms with Gasteiger partial charge in [-0.3, -0.25) is 4.79 Å². The monoisotopic (exact) mass is 272 g/mol. The number of aliphatic hydroxyl groups is 1. The van der Waals surface area contributed by atoms with Gasteiger partial charge in [0.15, 0.2) is 0 Å². The summed E-state index contributed by atoms with van der Waals surface area (Å²) >= 11 is 0. The number of aromatic amines is 1. The van der Waals surface area contributed by atoms with Crippen LogP contribution in [0.4, 0.5) is 0 Å². The lowest BCUT2D eigenvalue weighted by molar-refractivity contribution is 0.0910. The third kappa shape index (κ3) is 2.85. The molecule has 1 saturated carbocycles. The van der Waals surface area contributed by atoms with Crippen molar-refractivity contribution in [2.24, 2.45) is 5.92 Å². The number of carbonyl (C=O) groups is 1.